The van der Waals surface area contributed by atoms with E-state index in [0.717, 1.165) is 11.4 Å². The fourth-order valence-corrected chi connectivity index (χ4v) is 3.68. The molecular formula is C12H19N5O7S. The van der Waals surface area contributed by atoms with E-state index in [4.69, 9.17) is 4.55 Å². The highest BCUT2D eigenvalue weighted by Crippen LogP contribution is 2.30. The van der Waals surface area contributed by atoms with E-state index >= 15 is 0 Å². The molecule has 13 heteroatoms. The lowest BCUT2D eigenvalue weighted by atomic mass is 10.0. The lowest BCUT2D eigenvalue weighted by Crippen LogP contribution is -2.55. The van der Waals surface area contributed by atoms with Gasteiger partial charge < -0.3 is 10.2 Å². The van der Waals surface area contributed by atoms with Gasteiger partial charge in [0.25, 0.3) is 5.91 Å². The number of hydrazine groups is 1. The molecule has 3 rings (SSSR count). The maximum absolute atomic E-state index is 12.3. The average Bonchev–Trinajstić information content (AvgIpc) is 3.16. The number of carbonyl (C=O) groups excluding carboxylic acids is 3. The van der Waals surface area contributed by atoms with Gasteiger partial charge in [0.05, 0.1) is 12.0 Å². The number of hydrogen-bond donors (Lipinski definition) is 4. The molecule has 140 valence electrons. The van der Waals surface area contributed by atoms with Gasteiger partial charge in [0.15, 0.2) is 0 Å². The third-order valence-corrected chi connectivity index (χ3v) is 4.89. The van der Waals surface area contributed by atoms with Crippen molar-refractivity contribution in [3.63, 3.8) is 0 Å². The van der Waals surface area contributed by atoms with Crippen LogP contribution < -0.4 is 16.2 Å². The van der Waals surface area contributed by atoms with E-state index in [9.17, 15) is 22.8 Å². The number of hydrogen-bond acceptors (Lipinski definition) is 7. The molecule has 0 saturated carbocycles. The summed E-state index contributed by atoms with van der Waals surface area (Å²) < 4.78 is 34.7. The Bertz CT molecular complexity index is 677. The Morgan fingerprint density at radius 1 is 1.20 bits per heavy atom. The highest BCUT2D eigenvalue weighted by molar-refractivity contribution is 7.80. The van der Waals surface area contributed by atoms with E-state index < -0.39 is 34.4 Å². The maximum Gasteiger partial charge on any atom is 0.418 e. The summed E-state index contributed by atoms with van der Waals surface area (Å²) in [7, 11) is -4.83. The quantitative estimate of drug-likeness (QED) is 0.316. The van der Waals surface area contributed by atoms with E-state index in [1.54, 1.807) is 0 Å². The molecule has 2 bridgehead atoms. The average molecular weight is 377 g/mol. The van der Waals surface area contributed by atoms with Crippen LogP contribution in [-0.4, -0.2) is 72.5 Å². The van der Waals surface area contributed by atoms with Crippen LogP contribution in [0, 0.1) is 5.92 Å². The van der Waals surface area contributed by atoms with Gasteiger partial charge in [0.2, 0.25) is 5.91 Å². The molecule has 3 heterocycles. The monoisotopic (exact) mass is 377 g/mol. The van der Waals surface area contributed by atoms with Crippen LogP contribution in [0.25, 0.3) is 0 Å². The highest BCUT2D eigenvalue weighted by Gasteiger charge is 2.49. The Hall–Kier alpha value is -1.96. The van der Waals surface area contributed by atoms with Gasteiger partial charge in [0, 0.05) is 13.1 Å². The number of hydroxylamine groups is 2. The van der Waals surface area contributed by atoms with Crippen molar-refractivity contribution < 1.29 is 31.6 Å². The fourth-order valence-electron chi connectivity index (χ4n) is 3.29. The summed E-state index contributed by atoms with van der Waals surface area (Å²) in [6.45, 7) is 1.37. The third kappa shape index (κ3) is 3.84. The summed E-state index contributed by atoms with van der Waals surface area (Å²) in [6, 6.07) is -2.26. The van der Waals surface area contributed by atoms with Crippen LogP contribution in [0.4, 0.5) is 4.79 Å². The molecule has 12 nitrogen and oxygen atoms in total. The Balaban J connectivity index is 1.57. The number of amides is 4. The second-order valence-electron chi connectivity index (χ2n) is 6.18. The van der Waals surface area contributed by atoms with Crippen LogP contribution in [0.5, 0.6) is 0 Å². The van der Waals surface area contributed by atoms with Gasteiger partial charge in [0.1, 0.15) is 6.04 Å². The summed E-state index contributed by atoms with van der Waals surface area (Å²) in [6.07, 6.45) is 1.27. The molecule has 25 heavy (non-hydrogen) atoms. The van der Waals surface area contributed by atoms with Gasteiger partial charge in [-0.15, -0.1) is 4.28 Å². The van der Waals surface area contributed by atoms with Gasteiger partial charge in [-0.3, -0.25) is 25.0 Å². The SMILES string of the molecule is O=C(NNC(=O)[C@@H]1CCNC1)C1CCC2CN1C(=O)N2OS(=O)(=O)O. The van der Waals surface area contributed by atoms with Gasteiger partial charge in [-0.2, -0.15) is 13.5 Å². The van der Waals surface area contributed by atoms with Crippen LogP contribution in [0.15, 0.2) is 0 Å². The summed E-state index contributed by atoms with van der Waals surface area (Å²) in [5, 5.41) is 3.60. The summed E-state index contributed by atoms with van der Waals surface area (Å²) in [4.78, 5) is 37.5. The standard InChI is InChI=1S/C12H19N5O7S/c18-10(7-3-4-13-5-7)14-15-11(19)9-2-1-8-6-16(9)12(20)17(8)24-25(21,22)23/h7-9,13H,1-6H2,(H,14,18)(H,15,19)(H,21,22,23)/t7-,8?,9?/m1/s1. The van der Waals surface area contributed by atoms with E-state index in [1.165, 1.54) is 0 Å². The molecular weight excluding hydrogens is 358 g/mol. The van der Waals surface area contributed by atoms with Crippen LogP contribution in [-0.2, 0) is 24.3 Å². The van der Waals surface area contributed by atoms with Gasteiger partial charge in [-0.05, 0) is 25.8 Å². The Morgan fingerprint density at radius 2 is 1.92 bits per heavy atom. The predicted octanol–water partition coefficient (Wildman–Crippen LogP) is -2.25. The van der Waals surface area contributed by atoms with Crippen LogP contribution in [0.2, 0.25) is 0 Å². The molecule has 0 aromatic carbocycles. The minimum absolute atomic E-state index is 0.0902. The van der Waals surface area contributed by atoms with E-state index in [1.807, 2.05) is 0 Å². The maximum atomic E-state index is 12.3. The number of nitrogens with zero attached hydrogens (tertiary/aromatic N) is 2. The minimum Gasteiger partial charge on any atom is -0.316 e. The van der Waals surface area contributed by atoms with Crippen molar-refractivity contribution in [2.75, 3.05) is 19.6 Å². The highest BCUT2D eigenvalue weighted by atomic mass is 32.3. The molecule has 0 radical (unpaired) electrons. The zero-order valence-corrected chi connectivity index (χ0v) is 14.0. The van der Waals surface area contributed by atoms with E-state index in [2.05, 4.69) is 20.5 Å². The molecule has 0 aromatic rings. The first-order valence-electron chi connectivity index (χ1n) is 7.83. The zero-order chi connectivity index (χ0) is 18.2. The molecule has 2 unspecified atom stereocenters. The first-order valence-corrected chi connectivity index (χ1v) is 9.20. The molecule has 0 aliphatic carbocycles. The summed E-state index contributed by atoms with van der Waals surface area (Å²) >= 11 is 0. The molecule has 3 fully saturated rings. The number of carbonyl (C=O) groups is 3. The molecule has 3 atom stereocenters. The van der Waals surface area contributed by atoms with E-state index in [0.29, 0.717) is 24.4 Å². The van der Waals surface area contributed by atoms with Crippen molar-refractivity contribution in [2.45, 2.75) is 31.3 Å². The number of urea groups is 1. The number of rotatable bonds is 4. The van der Waals surface area contributed by atoms with Gasteiger partial charge in [-0.25, -0.2) is 4.79 Å². The first kappa shape index (κ1) is 17.8. The Morgan fingerprint density at radius 3 is 2.56 bits per heavy atom. The van der Waals surface area contributed by atoms with Crippen molar-refractivity contribution >= 4 is 28.2 Å². The second kappa shape index (κ2) is 6.74. The van der Waals surface area contributed by atoms with E-state index in [-0.39, 0.29) is 24.8 Å². The van der Waals surface area contributed by atoms with Crippen molar-refractivity contribution in [1.82, 2.24) is 26.1 Å². The number of piperidine rings is 1. The normalized spacial score (nSPS) is 29.0. The van der Waals surface area contributed by atoms with Gasteiger partial charge >= 0.3 is 16.4 Å². The number of fused-ring (bicyclic) bond motifs is 2. The van der Waals surface area contributed by atoms with Crippen molar-refractivity contribution in [1.29, 1.82) is 0 Å². The minimum atomic E-state index is -4.83. The molecule has 3 aliphatic heterocycles. The third-order valence-electron chi connectivity index (χ3n) is 4.54. The molecule has 4 N–H and O–H groups in total. The smallest absolute Gasteiger partial charge is 0.316 e. The lowest BCUT2D eigenvalue weighted by Gasteiger charge is -2.29. The van der Waals surface area contributed by atoms with Crippen molar-refractivity contribution in [3.05, 3.63) is 0 Å². The summed E-state index contributed by atoms with van der Waals surface area (Å²) in [5.74, 6) is -1.10. The number of nitrogens with one attached hydrogen (secondary N) is 3. The summed E-state index contributed by atoms with van der Waals surface area (Å²) in [5.41, 5.74) is 4.66. The molecule has 3 aliphatic rings. The largest absolute Gasteiger partial charge is 0.418 e. The lowest BCUT2D eigenvalue weighted by molar-refractivity contribution is -0.133. The van der Waals surface area contributed by atoms with Crippen molar-refractivity contribution in [3.8, 4) is 0 Å². The van der Waals surface area contributed by atoms with Crippen LogP contribution in [0.1, 0.15) is 19.3 Å². The van der Waals surface area contributed by atoms with Crippen molar-refractivity contribution in [2.24, 2.45) is 5.92 Å². The fraction of sp³-hybridized carbons (Fsp3) is 0.750. The molecule has 4 amide bonds. The predicted molar refractivity (Wildman–Crippen MR) is 80.6 cm³/mol. The molecule has 0 spiro atoms. The Kier molecular flexibility index (Phi) is 4.81. The van der Waals surface area contributed by atoms with Gasteiger partial charge in [-0.1, -0.05) is 0 Å². The van der Waals surface area contributed by atoms with Crippen LogP contribution in [0.3, 0.4) is 0 Å². The zero-order valence-electron chi connectivity index (χ0n) is 13.2. The Labute approximate surface area is 143 Å². The molecule has 3 saturated heterocycles. The first-order chi connectivity index (χ1) is 11.8. The molecule has 0 aromatic heterocycles. The topological polar surface area (TPSA) is 157 Å². The van der Waals surface area contributed by atoms with Crippen LogP contribution >= 0.6 is 0 Å². The second-order valence-corrected chi connectivity index (χ2v) is 7.18.